The van der Waals surface area contributed by atoms with Gasteiger partial charge in [0.1, 0.15) is 5.58 Å². The zero-order valence-corrected chi connectivity index (χ0v) is 11.6. The molecule has 1 unspecified atom stereocenters. The zero-order chi connectivity index (χ0) is 13.5. The van der Waals surface area contributed by atoms with Crippen LogP contribution in [0, 0.1) is 0 Å². The summed E-state index contributed by atoms with van der Waals surface area (Å²) in [5, 5.41) is 4.44. The first-order chi connectivity index (χ1) is 9.84. The van der Waals surface area contributed by atoms with E-state index in [0.717, 1.165) is 22.1 Å². The third-order valence-corrected chi connectivity index (χ3v) is 4.67. The van der Waals surface area contributed by atoms with Gasteiger partial charge in [-0.3, -0.25) is 0 Å². The molecule has 3 heteroatoms. The van der Waals surface area contributed by atoms with Crippen molar-refractivity contribution in [1.82, 2.24) is 0 Å². The predicted octanol–water partition coefficient (Wildman–Crippen LogP) is 4.70. The second kappa shape index (κ2) is 4.47. The summed E-state index contributed by atoms with van der Waals surface area (Å²) in [7, 11) is 0. The Bertz CT molecular complexity index is 890. The van der Waals surface area contributed by atoms with Gasteiger partial charge in [-0.1, -0.05) is 36.4 Å². The van der Waals surface area contributed by atoms with Gasteiger partial charge >= 0.3 is 0 Å². The van der Waals surface area contributed by atoms with E-state index < -0.39 is 0 Å². The molecule has 2 aromatic heterocycles. The molecule has 4 rings (SSSR count). The number of hydrogen-bond acceptors (Lipinski definition) is 3. The summed E-state index contributed by atoms with van der Waals surface area (Å²) in [4.78, 5) is 0. The molecule has 2 nitrogen and oxygen atoms in total. The Balaban J connectivity index is 1.92. The Labute approximate surface area is 120 Å². The summed E-state index contributed by atoms with van der Waals surface area (Å²) in [5.41, 5.74) is 9.58. The molecular weight excluding hydrogens is 266 g/mol. The average molecular weight is 279 g/mol. The molecule has 0 fully saturated rings. The van der Waals surface area contributed by atoms with Crippen LogP contribution in [0.1, 0.15) is 17.2 Å². The molecule has 1 atom stereocenters. The number of thiophene rings is 1. The molecule has 2 N–H and O–H groups in total. The minimum Gasteiger partial charge on any atom is -0.464 e. The Kier molecular flexibility index (Phi) is 2.62. The Morgan fingerprint density at radius 1 is 0.950 bits per heavy atom. The molecule has 0 spiro atoms. The molecule has 0 saturated carbocycles. The number of nitrogens with two attached hydrogens (primary N) is 1. The molecule has 0 radical (unpaired) electrons. The molecule has 20 heavy (non-hydrogen) atoms. The van der Waals surface area contributed by atoms with Crippen LogP contribution in [0.5, 0.6) is 0 Å². The third-order valence-electron chi connectivity index (χ3n) is 3.69. The van der Waals surface area contributed by atoms with Crippen molar-refractivity contribution in [2.75, 3.05) is 0 Å². The van der Waals surface area contributed by atoms with Crippen LogP contribution in [0.15, 0.2) is 64.6 Å². The number of benzene rings is 2. The minimum absolute atomic E-state index is 0.166. The number of para-hydroxylation sites is 1. The van der Waals surface area contributed by atoms with E-state index in [2.05, 4.69) is 35.7 Å². The lowest BCUT2D eigenvalue weighted by atomic mass is 9.98. The average Bonchev–Trinajstić information content (AvgIpc) is 3.12. The van der Waals surface area contributed by atoms with Gasteiger partial charge in [0.15, 0.2) is 0 Å². The molecule has 2 aromatic carbocycles. The van der Waals surface area contributed by atoms with Gasteiger partial charge in [0.05, 0.1) is 12.3 Å². The molecule has 0 aliphatic heterocycles. The SMILES string of the molecule is NC(c1coc2ccccc12)c1cccc2ccsc12. The van der Waals surface area contributed by atoms with E-state index in [1.807, 2.05) is 18.2 Å². The quantitative estimate of drug-likeness (QED) is 0.578. The van der Waals surface area contributed by atoms with Gasteiger partial charge in [0.2, 0.25) is 0 Å². The first-order valence-corrected chi connectivity index (χ1v) is 7.40. The first kappa shape index (κ1) is 11.7. The minimum atomic E-state index is -0.166. The van der Waals surface area contributed by atoms with Crippen molar-refractivity contribution in [3.8, 4) is 0 Å². The van der Waals surface area contributed by atoms with Crippen molar-refractivity contribution >= 4 is 32.4 Å². The highest BCUT2D eigenvalue weighted by Crippen LogP contribution is 2.34. The van der Waals surface area contributed by atoms with Crippen LogP contribution in [0.25, 0.3) is 21.1 Å². The molecular formula is C17H13NOS. The summed E-state index contributed by atoms with van der Waals surface area (Å²) in [6, 6.07) is 16.3. The number of rotatable bonds is 2. The second-order valence-electron chi connectivity index (χ2n) is 4.85. The fourth-order valence-electron chi connectivity index (χ4n) is 2.67. The van der Waals surface area contributed by atoms with Crippen LogP contribution in [0.4, 0.5) is 0 Å². The maximum absolute atomic E-state index is 6.50. The lowest BCUT2D eigenvalue weighted by Crippen LogP contribution is -2.11. The Morgan fingerprint density at radius 2 is 1.85 bits per heavy atom. The highest BCUT2D eigenvalue weighted by atomic mass is 32.1. The van der Waals surface area contributed by atoms with E-state index in [-0.39, 0.29) is 6.04 Å². The van der Waals surface area contributed by atoms with Gasteiger partial charge < -0.3 is 10.2 Å². The van der Waals surface area contributed by atoms with E-state index >= 15 is 0 Å². The van der Waals surface area contributed by atoms with E-state index in [9.17, 15) is 0 Å². The largest absolute Gasteiger partial charge is 0.464 e. The van der Waals surface area contributed by atoms with Crippen molar-refractivity contribution < 1.29 is 4.42 Å². The Hall–Kier alpha value is -2.10. The summed E-state index contributed by atoms with van der Waals surface area (Å²) in [5.74, 6) is 0. The summed E-state index contributed by atoms with van der Waals surface area (Å²) in [6.07, 6.45) is 1.78. The van der Waals surface area contributed by atoms with E-state index in [0.29, 0.717) is 0 Å². The molecule has 0 aliphatic carbocycles. The van der Waals surface area contributed by atoms with Gasteiger partial charge in [-0.25, -0.2) is 0 Å². The maximum atomic E-state index is 6.50. The van der Waals surface area contributed by atoms with Crippen LogP contribution in [-0.2, 0) is 0 Å². The highest BCUT2D eigenvalue weighted by molar-refractivity contribution is 7.17. The molecule has 0 amide bonds. The van der Waals surface area contributed by atoms with Crippen molar-refractivity contribution in [2.24, 2.45) is 5.73 Å². The van der Waals surface area contributed by atoms with Gasteiger partial charge in [0.25, 0.3) is 0 Å². The summed E-state index contributed by atoms with van der Waals surface area (Å²) < 4.78 is 6.86. The van der Waals surface area contributed by atoms with Gasteiger partial charge in [-0.2, -0.15) is 0 Å². The Morgan fingerprint density at radius 3 is 2.80 bits per heavy atom. The molecule has 4 aromatic rings. The van der Waals surface area contributed by atoms with Gasteiger partial charge in [-0.05, 0) is 28.5 Å². The second-order valence-corrected chi connectivity index (χ2v) is 5.77. The fourth-order valence-corrected chi connectivity index (χ4v) is 3.62. The van der Waals surface area contributed by atoms with Crippen molar-refractivity contribution in [3.05, 3.63) is 71.3 Å². The van der Waals surface area contributed by atoms with Gasteiger partial charge in [0, 0.05) is 15.6 Å². The normalized spacial score (nSPS) is 13.1. The summed E-state index contributed by atoms with van der Waals surface area (Å²) in [6.45, 7) is 0. The maximum Gasteiger partial charge on any atom is 0.134 e. The van der Waals surface area contributed by atoms with E-state index in [4.69, 9.17) is 10.2 Å². The number of furan rings is 1. The molecule has 0 aliphatic rings. The third kappa shape index (κ3) is 1.68. The fraction of sp³-hybridized carbons (Fsp3) is 0.0588. The van der Waals surface area contributed by atoms with Crippen molar-refractivity contribution in [2.45, 2.75) is 6.04 Å². The van der Waals surface area contributed by atoms with Crippen LogP contribution in [-0.4, -0.2) is 0 Å². The topological polar surface area (TPSA) is 39.2 Å². The van der Waals surface area contributed by atoms with Crippen molar-refractivity contribution in [1.29, 1.82) is 0 Å². The zero-order valence-electron chi connectivity index (χ0n) is 10.7. The lowest BCUT2D eigenvalue weighted by Gasteiger charge is -2.11. The molecule has 0 bridgehead atoms. The molecule has 0 saturated heterocycles. The van der Waals surface area contributed by atoms with Crippen molar-refractivity contribution in [3.63, 3.8) is 0 Å². The number of fused-ring (bicyclic) bond motifs is 2. The van der Waals surface area contributed by atoms with Gasteiger partial charge in [-0.15, -0.1) is 11.3 Å². The molecule has 2 heterocycles. The number of hydrogen-bond donors (Lipinski definition) is 1. The van der Waals surface area contributed by atoms with Crippen LogP contribution in [0.3, 0.4) is 0 Å². The summed E-state index contributed by atoms with van der Waals surface area (Å²) >= 11 is 1.73. The van der Waals surface area contributed by atoms with Crippen LogP contribution in [0.2, 0.25) is 0 Å². The van der Waals surface area contributed by atoms with Crippen LogP contribution >= 0.6 is 11.3 Å². The smallest absolute Gasteiger partial charge is 0.134 e. The highest BCUT2D eigenvalue weighted by Gasteiger charge is 2.17. The first-order valence-electron chi connectivity index (χ1n) is 6.52. The lowest BCUT2D eigenvalue weighted by molar-refractivity contribution is 0.607. The standard InChI is InChI=1S/C17H13NOS/c18-16(13-6-3-4-11-8-9-20-17(11)13)14-10-19-15-7-2-1-5-12(14)15/h1-10,16H,18H2. The monoisotopic (exact) mass is 279 g/mol. The molecule has 98 valence electrons. The predicted molar refractivity (Wildman–Crippen MR) is 84.1 cm³/mol. The van der Waals surface area contributed by atoms with Crippen LogP contribution < -0.4 is 5.73 Å². The van der Waals surface area contributed by atoms with E-state index in [1.165, 1.54) is 10.1 Å². The van der Waals surface area contributed by atoms with E-state index in [1.54, 1.807) is 17.6 Å².